The highest BCUT2D eigenvalue weighted by atomic mass is 16.1. The summed E-state index contributed by atoms with van der Waals surface area (Å²) in [6.07, 6.45) is 3.91. The third-order valence-electron chi connectivity index (χ3n) is 5.58. The molecule has 31 heavy (non-hydrogen) atoms. The van der Waals surface area contributed by atoms with Crippen LogP contribution in [0.4, 0.5) is 11.4 Å². The fourth-order valence-corrected chi connectivity index (χ4v) is 3.84. The first kappa shape index (κ1) is 19.2. The highest BCUT2D eigenvalue weighted by Gasteiger charge is 2.27. The number of nitrogens with zero attached hydrogens (tertiary/aromatic N) is 3. The number of aromatic nitrogens is 3. The molecule has 0 spiro atoms. The summed E-state index contributed by atoms with van der Waals surface area (Å²) >= 11 is 0. The fourth-order valence-electron chi connectivity index (χ4n) is 3.84. The van der Waals surface area contributed by atoms with Crippen LogP contribution in [0.3, 0.4) is 0 Å². The minimum atomic E-state index is -0.287. The Morgan fingerprint density at radius 1 is 1.06 bits per heavy atom. The second kappa shape index (κ2) is 7.80. The maximum Gasteiger partial charge on any atom is 0.291 e. The molecular weight excluding hydrogens is 388 g/mol. The molecule has 0 aliphatic heterocycles. The van der Waals surface area contributed by atoms with E-state index in [1.807, 2.05) is 60.7 Å². The van der Waals surface area contributed by atoms with Crippen LogP contribution in [0.5, 0.6) is 0 Å². The zero-order chi connectivity index (χ0) is 21.4. The average molecular weight is 410 g/mol. The molecule has 1 aliphatic rings. The Kier molecular flexibility index (Phi) is 4.82. The predicted molar refractivity (Wildman–Crippen MR) is 122 cm³/mol. The van der Waals surface area contributed by atoms with Gasteiger partial charge in [0.25, 0.3) is 5.56 Å². The van der Waals surface area contributed by atoms with Crippen molar-refractivity contribution in [2.75, 3.05) is 5.32 Å². The third kappa shape index (κ3) is 3.72. The van der Waals surface area contributed by atoms with E-state index in [0.29, 0.717) is 29.4 Å². The van der Waals surface area contributed by atoms with Crippen molar-refractivity contribution in [3.05, 3.63) is 82.8 Å². The second-order valence-corrected chi connectivity index (χ2v) is 7.96. The van der Waals surface area contributed by atoms with E-state index >= 15 is 0 Å². The van der Waals surface area contributed by atoms with E-state index in [0.717, 1.165) is 29.3 Å². The number of Topliss-reactive ketones (excluding diaryl/α,β-unsaturated/α-hetero) is 1. The van der Waals surface area contributed by atoms with Crippen molar-refractivity contribution in [1.29, 1.82) is 0 Å². The molecule has 1 saturated carbocycles. The number of pyridine rings is 1. The molecule has 6 heteroatoms. The average Bonchev–Trinajstić information content (AvgIpc) is 3.61. The number of nitrogens with one attached hydrogen (secondary N) is 1. The Balaban J connectivity index is 1.74. The molecule has 2 aromatic carbocycles. The molecule has 0 bridgehead atoms. The predicted octanol–water partition coefficient (Wildman–Crippen LogP) is 4.81. The molecule has 0 radical (unpaired) electrons. The van der Waals surface area contributed by atoms with Gasteiger partial charge in [0.05, 0.1) is 16.8 Å². The lowest BCUT2D eigenvalue weighted by molar-refractivity contribution is 0.101. The van der Waals surface area contributed by atoms with Gasteiger partial charge < -0.3 is 5.32 Å². The van der Waals surface area contributed by atoms with E-state index in [9.17, 15) is 9.59 Å². The van der Waals surface area contributed by atoms with Crippen LogP contribution in [0.25, 0.3) is 22.2 Å². The largest absolute Gasteiger partial charge is 0.349 e. The van der Waals surface area contributed by atoms with E-state index in [2.05, 4.69) is 15.4 Å². The van der Waals surface area contributed by atoms with Crippen LogP contribution in [0.1, 0.15) is 30.1 Å². The van der Waals surface area contributed by atoms with E-state index in [1.54, 1.807) is 6.20 Å². The van der Waals surface area contributed by atoms with Crippen LogP contribution in [-0.4, -0.2) is 20.5 Å². The molecule has 0 atom stereocenters. The molecule has 5 rings (SSSR count). The van der Waals surface area contributed by atoms with Gasteiger partial charge in [-0.05, 0) is 37.8 Å². The number of carbonyl (C=O) groups is 1. The number of para-hydroxylation sites is 1. The summed E-state index contributed by atoms with van der Waals surface area (Å²) in [4.78, 5) is 30.7. The Labute approximate surface area is 179 Å². The summed E-state index contributed by atoms with van der Waals surface area (Å²) in [5, 5.41) is 8.84. The number of anilines is 2. The van der Waals surface area contributed by atoms with Gasteiger partial charge >= 0.3 is 0 Å². The van der Waals surface area contributed by atoms with Crippen molar-refractivity contribution in [3.63, 3.8) is 0 Å². The van der Waals surface area contributed by atoms with Gasteiger partial charge in [0.1, 0.15) is 11.4 Å². The Morgan fingerprint density at radius 2 is 1.84 bits per heavy atom. The fraction of sp³-hybridized carbons (Fsp3) is 0.200. The third-order valence-corrected chi connectivity index (χ3v) is 5.58. The van der Waals surface area contributed by atoms with Crippen LogP contribution in [0.2, 0.25) is 0 Å². The van der Waals surface area contributed by atoms with Crippen LogP contribution >= 0.6 is 0 Å². The van der Waals surface area contributed by atoms with Gasteiger partial charge in [0.15, 0.2) is 5.78 Å². The zero-order valence-corrected chi connectivity index (χ0v) is 17.2. The highest BCUT2D eigenvalue weighted by molar-refractivity contribution is 6.06. The first-order chi connectivity index (χ1) is 15.1. The summed E-state index contributed by atoms with van der Waals surface area (Å²) in [6, 6.07) is 19.1. The molecule has 0 unspecified atom stereocenters. The van der Waals surface area contributed by atoms with E-state index in [1.165, 1.54) is 11.6 Å². The summed E-state index contributed by atoms with van der Waals surface area (Å²) in [5.74, 6) is 0.252. The molecule has 6 nitrogen and oxygen atoms in total. The van der Waals surface area contributed by atoms with Gasteiger partial charge in [-0.1, -0.05) is 48.5 Å². The van der Waals surface area contributed by atoms with Crippen molar-refractivity contribution in [3.8, 4) is 11.3 Å². The molecule has 0 amide bonds. The van der Waals surface area contributed by atoms with Crippen molar-refractivity contribution in [2.45, 2.75) is 26.3 Å². The minimum absolute atomic E-state index is 0.210. The van der Waals surface area contributed by atoms with Crippen molar-refractivity contribution in [1.82, 2.24) is 14.8 Å². The van der Waals surface area contributed by atoms with Crippen molar-refractivity contribution >= 4 is 28.1 Å². The number of benzene rings is 2. The highest BCUT2D eigenvalue weighted by Crippen LogP contribution is 2.32. The van der Waals surface area contributed by atoms with Crippen LogP contribution < -0.4 is 10.9 Å². The normalized spacial score (nSPS) is 13.3. The molecule has 1 aliphatic carbocycles. The number of rotatable bonds is 6. The minimum Gasteiger partial charge on any atom is -0.349 e. The number of hydrogen-bond acceptors (Lipinski definition) is 5. The monoisotopic (exact) mass is 410 g/mol. The number of hydrogen-bond donors (Lipinski definition) is 1. The summed E-state index contributed by atoms with van der Waals surface area (Å²) < 4.78 is 1.51. The van der Waals surface area contributed by atoms with E-state index < -0.39 is 0 Å². The Morgan fingerprint density at radius 3 is 2.58 bits per heavy atom. The lowest BCUT2D eigenvalue weighted by atomic mass is 10.0. The van der Waals surface area contributed by atoms with E-state index in [-0.39, 0.29) is 17.0 Å². The van der Waals surface area contributed by atoms with Gasteiger partial charge in [-0.15, -0.1) is 0 Å². The Hall–Kier alpha value is -3.80. The number of ketones is 1. The SMILES string of the molecule is CC(=O)c1c(-c2ccccc2)nn(CC2CC2)c(=O)c1Nc1cccc2cccnc12. The topological polar surface area (TPSA) is 76.9 Å². The van der Waals surface area contributed by atoms with Crippen molar-refractivity contribution < 1.29 is 4.79 Å². The molecule has 154 valence electrons. The molecule has 2 aromatic heterocycles. The molecule has 1 N–H and O–H groups in total. The van der Waals surface area contributed by atoms with Gasteiger partial charge in [-0.2, -0.15) is 5.10 Å². The van der Waals surface area contributed by atoms with E-state index in [4.69, 9.17) is 0 Å². The lowest BCUT2D eigenvalue weighted by Crippen LogP contribution is -2.29. The first-order valence-corrected chi connectivity index (χ1v) is 10.4. The molecular formula is C25H22N4O2. The molecule has 1 fully saturated rings. The number of fused-ring (bicyclic) bond motifs is 1. The summed E-state index contributed by atoms with van der Waals surface area (Å²) in [7, 11) is 0. The van der Waals surface area contributed by atoms with Gasteiger partial charge in [-0.25, -0.2) is 4.68 Å². The van der Waals surface area contributed by atoms with Gasteiger partial charge in [0, 0.05) is 23.7 Å². The van der Waals surface area contributed by atoms with Crippen LogP contribution in [0.15, 0.2) is 71.7 Å². The Bertz CT molecular complexity index is 1340. The smallest absolute Gasteiger partial charge is 0.291 e. The van der Waals surface area contributed by atoms with Gasteiger partial charge in [0.2, 0.25) is 0 Å². The first-order valence-electron chi connectivity index (χ1n) is 10.4. The standard InChI is InChI=1S/C25H22N4O2/c1-16(30)21-23(19-7-3-2-4-8-19)28-29(15-17-12-13-17)25(31)24(21)27-20-11-5-9-18-10-6-14-26-22(18)20/h2-11,14,17,27H,12-13,15H2,1H3. The summed E-state index contributed by atoms with van der Waals surface area (Å²) in [5.41, 5.74) is 3.01. The van der Waals surface area contributed by atoms with Crippen molar-refractivity contribution in [2.24, 2.45) is 5.92 Å². The van der Waals surface area contributed by atoms with Crippen LogP contribution in [0, 0.1) is 5.92 Å². The van der Waals surface area contributed by atoms with Crippen LogP contribution in [-0.2, 0) is 6.54 Å². The zero-order valence-electron chi connectivity index (χ0n) is 17.2. The maximum absolute atomic E-state index is 13.4. The quantitative estimate of drug-likeness (QED) is 0.462. The lowest BCUT2D eigenvalue weighted by Gasteiger charge is -2.17. The number of carbonyl (C=O) groups excluding carboxylic acids is 1. The van der Waals surface area contributed by atoms with Gasteiger partial charge in [-0.3, -0.25) is 14.6 Å². The summed E-state index contributed by atoms with van der Waals surface area (Å²) in [6.45, 7) is 2.03. The molecule has 2 heterocycles. The molecule has 0 saturated heterocycles. The maximum atomic E-state index is 13.4. The molecule has 4 aromatic rings. The second-order valence-electron chi connectivity index (χ2n) is 7.96.